The summed E-state index contributed by atoms with van der Waals surface area (Å²) >= 11 is 0. The van der Waals surface area contributed by atoms with Crippen LogP contribution >= 0.6 is 0 Å². The molecule has 20 heavy (non-hydrogen) atoms. The molecule has 0 saturated carbocycles. The second-order valence-corrected chi connectivity index (χ2v) is 4.42. The molecule has 1 unspecified atom stereocenters. The first-order valence-corrected chi connectivity index (χ1v) is 5.76. The van der Waals surface area contributed by atoms with E-state index in [9.17, 15) is 19.4 Å². The number of halogens is 1. The lowest BCUT2D eigenvalue weighted by Gasteiger charge is -2.06. The molecule has 1 aromatic carbocycles. The number of hydrogen-bond donors (Lipinski definition) is 2. The molecule has 0 aliphatic rings. The number of nitro groups is 1. The van der Waals surface area contributed by atoms with Gasteiger partial charge in [0.25, 0.3) is 5.69 Å². The fraction of sp³-hybridized carbons (Fsp3) is 0.250. The number of para-hydroxylation sites is 1. The number of nitrogens with two attached hydrogens (primary N) is 1. The summed E-state index contributed by atoms with van der Waals surface area (Å²) in [6.45, 7) is 1.42. The molecule has 0 aliphatic carbocycles. The van der Waals surface area contributed by atoms with Crippen molar-refractivity contribution in [2.24, 2.45) is 5.73 Å². The largest absolute Gasteiger partial charge is 0.480 e. The molecular formula is C12H12FN3O4. The number of carbonyl (C=O) groups is 1. The molecule has 8 heteroatoms. The molecule has 0 saturated heterocycles. The zero-order valence-electron chi connectivity index (χ0n) is 10.5. The van der Waals surface area contributed by atoms with E-state index in [-0.39, 0.29) is 28.1 Å². The van der Waals surface area contributed by atoms with E-state index in [4.69, 9.17) is 10.8 Å². The Kier molecular flexibility index (Phi) is 3.41. The first-order valence-electron chi connectivity index (χ1n) is 5.76. The van der Waals surface area contributed by atoms with Gasteiger partial charge in [-0.05, 0) is 12.5 Å². The summed E-state index contributed by atoms with van der Waals surface area (Å²) < 4.78 is 14.1. The van der Waals surface area contributed by atoms with E-state index in [2.05, 4.69) is 0 Å². The highest BCUT2D eigenvalue weighted by molar-refractivity contribution is 5.92. The normalized spacial score (nSPS) is 12.6. The molecule has 1 aromatic heterocycles. The van der Waals surface area contributed by atoms with Crippen molar-refractivity contribution in [2.45, 2.75) is 19.4 Å². The highest BCUT2D eigenvalue weighted by Crippen LogP contribution is 2.33. The minimum atomic E-state index is -1.21. The van der Waals surface area contributed by atoms with Crippen molar-refractivity contribution in [3.8, 4) is 0 Å². The van der Waals surface area contributed by atoms with E-state index >= 15 is 0 Å². The van der Waals surface area contributed by atoms with Crippen LogP contribution in [0, 0.1) is 17.0 Å². The number of non-ortho nitro benzene ring substituents is 1. The van der Waals surface area contributed by atoms with Crippen LogP contribution in [0.4, 0.5) is 10.2 Å². The lowest BCUT2D eigenvalue weighted by atomic mass is 10.0. The molecule has 2 rings (SSSR count). The Labute approximate surface area is 112 Å². The molecule has 0 bridgehead atoms. The molecule has 0 aliphatic heterocycles. The van der Waals surface area contributed by atoms with Gasteiger partial charge in [0.2, 0.25) is 0 Å². The van der Waals surface area contributed by atoms with Crippen molar-refractivity contribution in [1.29, 1.82) is 0 Å². The summed E-state index contributed by atoms with van der Waals surface area (Å²) in [5.41, 5.74) is 5.38. The van der Waals surface area contributed by atoms with Crippen molar-refractivity contribution in [1.82, 2.24) is 4.79 Å². The predicted molar refractivity (Wildman–Crippen MR) is 69.2 cm³/mol. The zero-order chi connectivity index (χ0) is 15.0. The molecule has 7 nitrogen and oxygen atoms in total. The molecule has 2 aromatic rings. The van der Waals surface area contributed by atoms with Gasteiger partial charge in [-0.1, -0.05) is 16.6 Å². The van der Waals surface area contributed by atoms with E-state index in [0.29, 0.717) is 10.9 Å². The third kappa shape index (κ3) is 2.10. The van der Waals surface area contributed by atoms with E-state index in [1.165, 1.54) is 25.1 Å². The highest BCUT2D eigenvalue weighted by atomic mass is 19.2. The van der Waals surface area contributed by atoms with Crippen LogP contribution in [-0.4, -0.2) is 26.8 Å². The number of benzene rings is 1. The molecule has 1 atom stereocenters. The van der Waals surface area contributed by atoms with Gasteiger partial charge in [-0.3, -0.25) is 14.9 Å². The molecule has 0 radical (unpaired) electrons. The van der Waals surface area contributed by atoms with Crippen LogP contribution in [0.15, 0.2) is 18.2 Å². The Morgan fingerprint density at radius 3 is 2.80 bits per heavy atom. The first-order chi connectivity index (χ1) is 9.34. The van der Waals surface area contributed by atoms with Crippen molar-refractivity contribution in [3.05, 3.63) is 39.6 Å². The standard InChI is InChI=1S/C12H12FN3O4/c1-6-8(5-9(14)12(17)18)7-3-2-4-10(16(19)20)11(7)15(6)13/h2-4,9H,5,14H2,1H3,(H,17,18). The van der Waals surface area contributed by atoms with Gasteiger partial charge in [0.15, 0.2) is 5.52 Å². The van der Waals surface area contributed by atoms with Crippen LogP contribution in [0.2, 0.25) is 0 Å². The van der Waals surface area contributed by atoms with E-state index in [1.54, 1.807) is 0 Å². The van der Waals surface area contributed by atoms with Gasteiger partial charge in [-0.2, -0.15) is 4.79 Å². The van der Waals surface area contributed by atoms with Crippen molar-refractivity contribution in [2.75, 3.05) is 0 Å². The fourth-order valence-electron chi connectivity index (χ4n) is 2.17. The second kappa shape index (κ2) is 4.89. The Morgan fingerprint density at radius 2 is 2.25 bits per heavy atom. The Morgan fingerprint density at radius 1 is 1.60 bits per heavy atom. The zero-order valence-corrected chi connectivity index (χ0v) is 10.5. The monoisotopic (exact) mass is 281 g/mol. The quantitative estimate of drug-likeness (QED) is 0.652. The number of hydrogen-bond acceptors (Lipinski definition) is 4. The smallest absolute Gasteiger partial charge is 0.320 e. The number of rotatable bonds is 4. The molecule has 1 heterocycles. The van der Waals surface area contributed by atoms with Gasteiger partial charge in [-0.25, -0.2) is 0 Å². The number of aromatic nitrogens is 1. The van der Waals surface area contributed by atoms with Crippen LogP contribution in [0.25, 0.3) is 10.9 Å². The fourth-order valence-corrected chi connectivity index (χ4v) is 2.17. The minimum Gasteiger partial charge on any atom is -0.480 e. The van der Waals surface area contributed by atoms with Gasteiger partial charge in [0, 0.05) is 17.9 Å². The van der Waals surface area contributed by atoms with E-state index in [1.807, 2.05) is 0 Å². The minimum absolute atomic E-state index is 0.101. The van der Waals surface area contributed by atoms with E-state index in [0.717, 1.165) is 0 Å². The molecule has 0 amide bonds. The van der Waals surface area contributed by atoms with Crippen LogP contribution < -0.4 is 5.73 Å². The van der Waals surface area contributed by atoms with E-state index < -0.39 is 16.9 Å². The molecule has 3 N–H and O–H groups in total. The van der Waals surface area contributed by atoms with Crippen LogP contribution in [0.1, 0.15) is 11.3 Å². The number of carboxylic acid groups (broad SMARTS) is 1. The third-order valence-electron chi connectivity index (χ3n) is 3.21. The first kappa shape index (κ1) is 13.9. The topological polar surface area (TPSA) is 111 Å². The average Bonchev–Trinajstić information content (AvgIpc) is 2.63. The van der Waals surface area contributed by atoms with Gasteiger partial charge < -0.3 is 10.8 Å². The predicted octanol–water partition coefficient (Wildman–Crippen LogP) is 1.54. The SMILES string of the molecule is Cc1c(CC(N)C(=O)O)c2cccc([N+](=O)[O-])c2n1F. The van der Waals surface area contributed by atoms with Gasteiger partial charge in [-0.15, -0.1) is 0 Å². The van der Waals surface area contributed by atoms with Crippen molar-refractivity contribution < 1.29 is 19.3 Å². The third-order valence-corrected chi connectivity index (χ3v) is 3.21. The summed E-state index contributed by atoms with van der Waals surface area (Å²) in [4.78, 5) is 21.2. The van der Waals surface area contributed by atoms with Crippen LogP contribution in [0.5, 0.6) is 0 Å². The number of fused-ring (bicyclic) bond motifs is 1. The van der Waals surface area contributed by atoms with Crippen LogP contribution in [-0.2, 0) is 11.2 Å². The Bertz CT molecular complexity index is 710. The number of nitro benzene ring substituents is 1. The lowest BCUT2D eigenvalue weighted by molar-refractivity contribution is -0.383. The molecule has 0 spiro atoms. The maximum absolute atomic E-state index is 14.1. The van der Waals surface area contributed by atoms with Gasteiger partial charge >= 0.3 is 5.97 Å². The van der Waals surface area contributed by atoms with Crippen molar-refractivity contribution in [3.63, 3.8) is 0 Å². The summed E-state index contributed by atoms with van der Waals surface area (Å²) in [6, 6.07) is 2.93. The Hall–Kier alpha value is -2.48. The number of carboxylic acids is 1. The highest BCUT2D eigenvalue weighted by Gasteiger charge is 2.24. The molecule has 106 valence electrons. The van der Waals surface area contributed by atoms with Crippen molar-refractivity contribution >= 4 is 22.6 Å². The number of aliphatic carboxylic acids is 1. The molecule has 0 fully saturated rings. The number of nitrogens with zero attached hydrogens (tertiary/aromatic N) is 2. The maximum Gasteiger partial charge on any atom is 0.320 e. The molecular weight excluding hydrogens is 269 g/mol. The lowest BCUT2D eigenvalue weighted by Crippen LogP contribution is -2.32. The summed E-state index contributed by atoms with van der Waals surface area (Å²) in [6.07, 6.45) is -0.101. The summed E-state index contributed by atoms with van der Waals surface area (Å²) in [5, 5.41) is 20.0. The Balaban J connectivity index is 2.68. The maximum atomic E-state index is 14.1. The average molecular weight is 281 g/mol. The second-order valence-electron chi connectivity index (χ2n) is 4.42. The summed E-state index contributed by atoms with van der Waals surface area (Å²) in [7, 11) is 0. The van der Waals surface area contributed by atoms with Gasteiger partial charge in [0.05, 0.1) is 10.6 Å². The van der Waals surface area contributed by atoms with Crippen LogP contribution in [0.3, 0.4) is 0 Å². The van der Waals surface area contributed by atoms with Gasteiger partial charge in [0.1, 0.15) is 6.04 Å². The summed E-state index contributed by atoms with van der Waals surface area (Å²) in [5.74, 6) is -1.21.